The molecule has 1 saturated carbocycles. The van der Waals surface area contributed by atoms with E-state index in [0.717, 1.165) is 12.8 Å². The molecule has 3 rings (SSSR count). The molecular weight excluding hydrogens is 346 g/mol. The predicted molar refractivity (Wildman–Crippen MR) is 102 cm³/mol. The number of hydrogen-bond donors (Lipinski definition) is 3. The molecule has 142 valence electrons. The molecular formula is C20H23N3O4. The molecule has 1 aliphatic rings. The van der Waals surface area contributed by atoms with E-state index in [-0.39, 0.29) is 18.0 Å². The lowest BCUT2D eigenvalue weighted by Crippen LogP contribution is -2.38. The highest BCUT2D eigenvalue weighted by atomic mass is 16.4. The zero-order valence-electron chi connectivity index (χ0n) is 15.0. The van der Waals surface area contributed by atoms with Gasteiger partial charge in [-0.1, -0.05) is 31.4 Å². The van der Waals surface area contributed by atoms with Crippen molar-refractivity contribution >= 4 is 18.1 Å². The van der Waals surface area contributed by atoms with E-state index in [2.05, 4.69) is 15.8 Å². The van der Waals surface area contributed by atoms with Crippen LogP contribution in [0.4, 0.5) is 0 Å². The maximum Gasteiger partial charge on any atom is 0.335 e. The van der Waals surface area contributed by atoms with Crippen molar-refractivity contribution in [2.75, 3.05) is 6.54 Å². The molecule has 0 spiro atoms. The molecule has 1 heterocycles. The molecule has 1 aromatic carbocycles. The standard InChI is InChI=1S/C20H23N3O4/c24-19(13-21-16-7-2-1-3-8-16)23-22-12-17-9-10-18(27-17)14-5-4-6-15(11-14)20(25)26/h4-6,9-12,16,21H,1-3,7-8,13H2,(H,23,24)(H,25,26)/b22-12-. The number of carbonyl (C=O) groups excluding carboxylic acids is 1. The van der Waals surface area contributed by atoms with E-state index in [4.69, 9.17) is 9.52 Å². The largest absolute Gasteiger partial charge is 0.478 e. The average Bonchev–Trinajstić information content (AvgIpc) is 3.16. The first kappa shape index (κ1) is 18.8. The summed E-state index contributed by atoms with van der Waals surface area (Å²) in [5, 5.41) is 16.2. The fourth-order valence-corrected chi connectivity index (χ4v) is 3.13. The van der Waals surface area contributed by atoms with Crippen molar-refractivity contribution in [1.82, 2.24) is 10.7 Å². The van der Waals surface area contributed by atoms with Crippen LogP contribution in [0, 0.1) is 0 Å². The lowest BCUT2D eigenvalue weighted by atomic mass is 9.95. The van der Waals surface area contributed by atoms with Crippen LogP contribution in [0.2, 0.25) is 0 Å². The van der Waals surface area contributed by atoms with Gasteiger partial charge in [0.15, 0.2) is 0 Å². The van der Waals surface area contributed by atoms with Crippen molar-refractivity contribution in [1.29, 1.82) is 0 Å². The molecule has 1 amide bonds. The number of nitrogens with zero attached hydrogens (tertiary/aromatic N) is 1. The summed E-state index contributed by atoms with van der Waals surface area (Å²) >= 11 is 0. The molecule has 0 saturated heterocycles. The molecule has 0 atom stereocenters. The summed E-state index contributed by atoms with van der Waals surface area (Å²) in [6.07, 6.45) is 7.37. The van der Waals surface area contributed by atoms with Gasteiger partial charge in [-0.15, -0.1) is 0 Å². The zero-order valence-corrected chi connectivity index (χ0v) is 15.0. The molecule has 0 unspecified atom stereocenters. The number of benzene rings is 1. The van der Waals surface area contributed by atoms with E-state index in [1.54, 1.807) is 30.3 Å². The van der Waals surface area contributed by atoms with Crippen LogP contribution in [0.25, 0.3) is 11.3 Å². The highest BCUT2D eigenvalue weighted by Gasteiger charge is 2.13. The topological polar surface area (TPSA) is 104 Å². The number of nitrogens with one attached hydrogen (secondary N) is 2. The van der Waals surface area contributed by atoms with E-state index < -0.39 is 5.97 Å². The van der Waals surface area contributed by atoms with Crippen LogP contribution in [0.1, 0.15) is 48.2 Å². The van der Waals surface area contributed by atoms with Gasteiger partial charge >= 0.3 is 5.97 Å². The van der Waals surface area contributed by atoms with Gasteiger partial charge in [0.1, 0.15) is 11.5 Å². The summed E-state index contributed by atoms with van der Waals surface area (Å²) in [6, 6.07) is 10.4. The Morgan fingerprint density at radius 3 is 2.78 bits per heavy atom. The van der Waals surface area contributed by atoms with Gasteiger partial charge < -0.3 is 14.8 Å². The molecule has 27 heavy (non-hydrogen) atoms. The Bertz CT molecular complexity index is 822. The minimum absolute atomic E-state index is 0.192. The fraction of sp³-hybridized carbons (Fsp3) is 0.350. The third-order valence-corrected chi connectivity index (χ3v) is 4.56. The van der Waals surface area contributed by atoms with E-state index in [9.17, 15) is 9.59 Å². The Labute approximate surface area is 157 Å². The van der Waals surface area contributed by atoms with Crippen LogP contribution in [-0.4, -0.2) is 35.8 Å². The first-order chi connectivity index (χ1) is 13.1. The van der Waals surface area contributed by atoms with Gasteiger partial charge in [-0.3, -0.25) is 4.79 Å². The van der Waals surface area contributed by atoms with Crippen molar-refractivity contribution < 1.29 is 19.1 Å². The molecule has 0 aliphatic heterocycles. The van der Waals surface area contributed by atoms with Gasteiger partial charge in [-0.05, 0) is 37.1 Å². The molecule has 2 aromatic rings. The van der Waals surface area contributed by atoms with Gasteiger partial charge in [0.05, 0.1) is 18.3 Å². The van der Waals surface area contributed by atoms with Crippen molar-refractivity contribution in [2.24, 2.45) is 5.10 Å². The van der Waals surface area contributed by atoms with Crippen molar-refractivity contribution in [3.05, 3.63) is 47.7 Å². The van der Waals surface area contributed by atoms with Crippen molar-refractivity contribution in [3.8, 4) is 11.3 Å². The van der Waals surface area contributed by atoms with Crippen molar-refractivity contribution in [3.63, 3.8) is 0 Å². The SMILES string of the molecule is O=C(CNC1CCCCC1)N/N=C\c1ccc(-c2cccc(C(=O)O)c2)o1. The molecule has 0 radical (unpaired) electrons. The number of hydrogen-bond acceptors (Lipinski definition) is 5. The van der Waals surface area contributed by atoms with Gasteiger partial charge in [0, 0.05) is 11.6 Å². The number of furan rings is 1. The number of carboxylic acids is 1. The maximum absolute atomic E-state index is 11.8. The van der Waals surface area contributed by atoms with E-state index in [0.29, 0.717) is 23.1 Å². The summed E-state index contributed by atoms with van der Waals surface area (Å²) in [5.74, 6) is -0.191. The van der Waals surface area contributed by atoms with Crippen LogP contribution in [0.5, 0.6) is 0 Å². The Balaban J connectivity index is 1.50. The number of aromatic carboxylic acids is 1. The maximum atomic E-state index is 11.8. The minimum atomic E-state index is -0.991. The zero-order chi connectivity index (χ0) is 19.1. The number of carbonyl (C=O) groups is 2. The monoisotopic (exact) mass is 369 g/mol. The first-order valence-electron chi connectivity index (χ1n) is 9.10. The summed E-state index contributed by atoms with van der Waals surface area (Å²) < 4.78 is 5.63. The Morgan fingerprint density at radius 1 is 1.19 bits per heavy atom. The fourth-order valence-electron chi connectivity index (χ4n) is 3.13. The summed E-state index contributed by atoms with van der Waals surface area (Å²) in [4.78, 5) is 22.9. The second-order valence-corrected chi connectivity index (χ2v) is 6.60. The average molecular weight is 369 g/mol. The lowest BCUT2D eigenvalue weighted by Gasteiger charge is -2.22. The normalized spacial score (nSPS) is 15.1. The molecule has 0 bridgehead atoms. The Hall–Kier alpha value is -2.93. The quantitative estimate of drug-likeness (QED) is 0.514. The smallest absolute Gasteiger partial charge is 0.335 e. The third kappa shape index (κ3) is 5.52. The van der Waals surface area contributed by atoms with Crippen LogP contribution < -0.4 is 10.7 Å². The lowest BCUT2D eigenvalue weighted by molar-refractivity contribution is -0.120. The van der Waals surface area contributed by atoms with E-state index in [1.165, 1.54) is 31.5 Å². The number of rotatable bonds is 7. The third-order valence-electron chi connectivity index (χ3n) is 4.56. The van der Waals surface area contributed by atoms with Gasteiger partial charge in [0.25, 0.3) is 5.91 Å². The van der Waals surface area contributed by atoms with Gasteiger partial charge in [-0.25, -0.2) is 10.2 Å². The first-order valence-corrected chi connectivity index (χ1v) is 9.10. The summed E-state index contributed by atoms with van der Waals surface area (Å²) in [5.41, 5.74) is 3.33. The number of hydrazone groups is 1. The van der Waals surface area contributed by atoms with Crippen LogP contribution in [0.15, 0.2) is 45.9 Å². The molecule has 7 heteroatoms. The second-order valence-electron chi connectivity index (χ2n) is 6.60. The Morgan fingerprint density at radius 2 is 2.00 bits per heavy atom. The molecule has 1 fully saturated rings. The van der Waals surface area contributed by atoms with Crippen LogP contribution in [-0.2, 0) is 4.79 Å². The van der Waals surface area contributed by atoms with Crippen molar-refractivity contribution in [2.45, 2.75) is 38.1 Å². The van der Waals surface area contributed by atoms with E-state index >= 15 is 0 Å². The molecule has 7 nitrogen and oxygen atoms in total. The summed E-state index contributed by atoms with van der Waals surface area (Å²) in [6.45, 7) is 0.243. The highest BCUT2D eigenvalue weighted by Crippen LogP contribution is 2.22. The minimum Gasteiger partial charge on any atom is -0.478 e. The molecule has 1 aromatic heterocycles. The molecule has 3 N–H and O–H groups in total. The number of carboxylic acid groups (broad SMARTS) is 1. The van der Waals surface area contributed by atoms with Gasteiger partial charge in [0.2, 0.25) is 0 Å². The van der Waals surface area contributed by atoms with Crippen LogP contribution in [0.3, 0.4) is 0 Å². The van der Waals surface area contributed by atoms with E-state index in [1.807, 2.05) is 0 Å². The summed E-state index contributed by atoms with van der Waals surface area (Å²) in [7, 11) is 0. The van der Waals surface area contributed by atoms with Crippen LogP contribution >= 0.6 is 0 Å². The van der Waals surface area contributed by atoms with Gasteiger partial charge in [-0.2, -0.15) is 5.10 Å². The highest BCUT2D eigenvalue weighted by molar-refractivity contribution is 5.89. The second kappa shape index (κ2) is 9.14. The molecule has 1 aliphatic carbocycles. The predicted octanol–water partition coefficient (Wildman–Crippen LogP) is 3.02. The number of amides is 1. The Kier molecular flexibility index (Phi) is 6.38.